The molecule has 0 unspecified atom stereocenters. The minimum absolute atomic E-state index is 0.0610. The second-order valence-corrected chi connectivity index (χ2v) is 9.73. The van der Waals surface area contributed by atoms with Crippen LogP contribution < -0.4 is 19.5 Å². The molecule has 1 saturated heterocycles. The molecule has 1 aromatic heterocycles. The van der Waals surface area contributed by atoms with Crippen molar-refractivity contribution in [1.82, 2.24) is 14.4 Å². The second-order valence-electron chi connectivity index (χ2n) is 9.73. The van der Waals surface area contributed by atoms with E-state index in [4.69, 9.17) is 14.2 Å². The Balaban J connectivity index is 1.36. The first-order valence-corrected chi connectivity index (χ1v) is 13.4. The highest BCUT2D eigenvalue weighted by Crippen LogP contribution is 2.32. The number of methoxy groups -OCH3 is 3. The molecule has 212 valence electrons. The van der Waals surface area contributed by atoms with Gasteiger partial charge in [0.15, 0.2) is 0 Å². The molecule has 5 rings (SSSR count). The lowest BCUT2D eigenvalue weighted by Crippen LogP contribution is -2.51. The van der Waals surface area contributed by atoms with Gasteiger partial charge in [0.05, 0.1) is 32.6 Å². The summed E-state index contributed by atoms with van der Waals surface area (Å²) >= 11 is 0. The topological polar surface area (TPSA) is 85.3 Å². The molecular formula is C32H34N4O5. The highest BCUT2D eigenvalue weighted by atomic mass is 16.5. The Bertz CT molecular complexity index is 1520. The minimum atomic E-state index is -0.190. The number of amides is 3. The van der Waals surface area contributed by atoms with E-state index in [1.807, 2.05) is 66.4 Å². The minimum Gasteiger partial charge on any atom is -0.497 e. The molecule has 0 spiro atoms. The number of urea groups is 1. The van der Waals surface area contributed by atoms with E-state index in [0.29, 0.717) is 37.4 Å². The van der Waals surface area contributed by atoms with Crippen LogP contribution in [0.2, 0.25) is 0 Å². The molecular weight excluding hydrogens is 520 g/mol. The molecule has 9 heteroatoms. The van der Waals surface area contributed by atoms with Crippen LogP contribution in [0.25, 0.3) is 16.9 Å². The summed E-state index contributed by atoms with van der Waals surface area (Å²) in [6, 6.07) is 24.5. The number of piperazine rings is 1. The number of carbonyl (C=O) groups is 2. The second kappa shape index (κ2) is 12.1. The summed E-state index contributed by atoms with van der Waals surface area (Å²) in [6.45, 7) is 3.72. The number of nitrogens with zero attached hydrogens (tertiary/aromatic N) is 3. The third-order valence-electron chi connectivity index (χ3n) is 7.37. The molecule has 0 aliphatic carbocycles. The largest absolute Gasteiger partial charge is 0.497 e. The van der Waals surface area contributed by atoms with Crippen molar-refractivity contribution in [2.75, 3.05) is 52.8 Å². The van der Waals surface area contributed by atoms with Crippen molar-refractivity contribution in [2.45, 2.75) is 6.92 Å². The van der Waals surface area contributed by atoms with Crippen LogP contribution in [-0.4, -0.2) is 73.8 Å². The lowest BCUT2D eigenvalue weighted by molar-refractivity contribution is 0.0671. The zero-order chi connectivity index (χ0) is 28.9. The van der Waals surface area contributed by atoms with Gasteiger partial charge >= 0.3 is 6.03 Å². The number of benzene rings is 3. The molecule has 1 aliphatic heterocycles. The molecule has 0 bridgehead atoms. The van der Waals surface area contributed by atoms with Crippen LogP contribution in [0.1, 0.15) is 16.1 Å². The molecule has 0 atom stereocenters. The van der Waals surface area contributed by atoms with E-state index in [0.717, 1.165) is 39.9 Å². The number of hydrogen-bond donors (Lipinski definition) is 1. The van der Waals surface area contributed by atoms with E-state index in [2.05, 4.69) is 9.88 Å². The van der Waals surface area contributed by atoms with Crippen LogP contribution in [0.3, 0.4) is 0 Å². The zero-order valence-corrected chi connectivity index (χ0v) is 23.7. The van der Waals surface area contributed by atoms with E-state index in [-0.39, 0.29) is 11.9 Å². The first-order chi connectivity index (χ1) is 19.9. The molecule has 0 saturated carbocycles. The van der Waals surface area contributed by atoms with Crippen molar-refractivity contribution in [3.8, 4) is 34.2 Å². The molecule has 3 aromatic carbocycles. The fourth-order valence-electron chi connectivity index (χ4n) is 5.04. The van der Waals surface area contributed by atoms with Crippen molar-refractivity contribution < 1.29 is 23.8 Å². The molecule has 2 heterocycles. The van der Waals surface area contributed by atoms with Gasteiger partial charge in [0, 0.05) is 49.3 Å². The Hall–Kier alpha value is -4.92. The SMILES string of the molecule is COc1ccc(NC(=O)N2CCN(C(=O)c3cc(-c4ccc(OC)cc4)n(-c4cccc(OC)c4)c3C)CC2)cc1. The van der Waals surface area contributed by atoms with E-state index >= 15 is 0 Å². The number of hydrogen-bond acceptors (Lipinski definition) is 5. The van der Waals surface area contributed by atoms with Crippen molar-refractivity contribution >= 4 is 17.6 Å². The van der Waals surface area contributed by atoms with Gasteiger partial charge in [0.25, 0.3) is 5.91 Å². The summed E-state index contributed by atoms with van der Waals surface area (Å²) in [4.78, 5) is 30.2. The molecule has 4 aromatic rings. The van der Waals surface area contributed by atoms with Gasteiger partial charge in [-0.2, -0.15) is 0 Å². The van der Waals surface area contributed by atoms with Crippen LogP contribution in [0.4, 0.5) is 10.5 Å². The Labute approximate surface area is 239 Å². The van der Waals surface area contributed by atoms with Gasteiger partial charge < -0.3 is 33.9 Å². The summed E-state index contributed by atoms with van der Waals surface area (Å²) < 4.78 is 18.1. The summed E-state index contributed by atoms with van der Waals surface area (Å²) in [6.07, 6.45) is 0. The predicted molar refractivity (Wildman–Crippen MR) is 159 cm³/mol. The average molecular weight is 555 g/mol. The van der Waals surface area contributed by atoms with Crippen LogP contribution in [0.15, 0.2) is 78.9 Å². The molecule has 1 aliphatic rings. The standard InChI is InChI=1S/C32H34N4O5/c1-22-29(31(37)34-16-18-35(19-17-34)32(38)33-24-10-14-27(40-3)15-11-24)21-30(23-8-12-26(39-2)13-9-23)36(22)25-6-5-7-28(20-25)41-4/h5-15,20-21H,16-19H2,1-4H3,(H,33,38). The summed E-state index contributed by atoms with van der Waals surface area (Å²) in [5.74, 6) is 2.15. The molecule has 1 fully saturated rings. The first-order valence-electron chi connectivity index (χ1n) is 13.4. The Kier molecular flexibility index (Phi) is 8.14. The quantitative estimate of drug-likeness (QED) is 0.328. The average Bonchev–Trinajstić information content (AvgIpc) is 3.37. The van der Waals surface area contributed by atoms with Gasteiger partial charge in [-0.15, -0.1) is 0 Å². The number of nitrogens with one attached hydrogen (secondary N) is 1. The van der Waals surface area contributed by atoms with E-state index < -0.39 is 0 Å². The van der Waals surface area contributed by atoms with Gasteiger partial charge in [0.1, 0.15) is 17.2 Å². The number of ether oxygens (including phenoxy) is 3. The number of anilines is 1. The van der Waals surface area contributed by atoms with E-state index in [1.54, 1.807) is 50.5 Å². The maximum atomic E-state index is 13.8. The number of aromatic nitrogens is 1. The first kappa shape index (κ1) is 27.6. The van der Waals surface area contributed by atoms with Crippen molar-refractivity contribution in [1.29, 1.82) is 0 Å². The van der Waals surface area contributed by atoms with Gasteiger partial charge in [-0.1, -0.05) is 6.07 Å². The third kappa shape index (κ3) is 5.84. The van der Waals surface area contributed by atoms with E-state index in [9.17, 15) is 9.59 Å². The van der Waals surface area contributed by atoms with Gasteiger partial charge in [-0.3, -0.25) is 4.79 Å². The lowest BCUT2D eigenvalue weighted by atomic mass is 10.1. The number of carbonyl (C=O) groups excluding carboxylic acids is 2. The number of rotatable bonds is 7. The van der Waals surface area contributed by atoms with Crippen LogP contribution >= 0.6 is 0 Å². The normalized spacial score (nSPS) is 13.1. The molecule has 41 heavy (non-hydrogen) atoms. The Morgan fingerprint density at radius 2 is 1.29 bits per heavy atom. The molecule has 9 nitrogen and oxygen atoms in total. The highest BCUT2D eigenvalue weighted by molar-refractivity contribution is 5.98. The molecule has 3 amide bonds. The summed E-state index contributed by atoms with van der Waals surface area (Å²) in [5.41, 5.74) is 4.88. The molecule has 1 N–H and O–H groups in total. The van der Waals surface area contributed by atoms with Crippen LogP contribution in [-0.2, 0) is 0 Å². The predicted octanol–water partition coefficient (Wildman–Crippen LogP) is 5.47. The summed E-state index contributed by atoms with van der Waals surface area (Å²) in [7, 11) is 4.87. The van der Waals surface area contributed by atoms with E-state index in [1.165, 1.54) is 0 Å². The monoisotopic (exact) mass is 554 g/mol. The fourth-order valence-corrected chi connectivity index (χ4v) is 5.04. The summed E-state index contributed by atoms with van der Waals surface area (Å²) in [5, 5.41) is 2.92. The lowest BCUT2D eigenvalue weighted by Gasteiger charge is -2.34. The van der Waals surface area contributed by atoms with Crippen molar-refractivity contribution in [3.05, 3.63) is 90.1 Å². The fraction of sp³-hybridized carbons (Fsp3) is 0.250. The maximum Gasteiger partial charge on any atom is 0.321 e. The van der Waals surface area contributed by atoms with Crippen LogP contribution in [0, 0.1) is 6.92 Å². The van der Waals surface area contributed by atoms with Crippen molar-refractivity contribution in [2.24, 2.45) is 0 Å². The zero-order valence-electron chi connectivity index (χ0n) is 23.7. The van der Waals surface area contributed by atoms with Gasteiger partial charge in [-0.25, -0.2) is 4.79 Å². The maximum absolute atomic E-state index is 13.8. The van der Waals surface area contributed by atoms with Gasteiger partial charge in [-0.05, 0) is 79.2 Å². The smallest absolute Gasteiger partial charge is 0.321 e. The highest BCUT2D eigenvalue weighted by Gasteiger charge is 2.28. The van der Waals surface area contributed by atoms with Crippen molar-refractivity contribution in [3.63, 3.8) is 0 Å². The van der Waals surface area contributed by atoms with Gasteiger partial charge in [0.2, 0.25) is 0 Å². The molecule has 0 radical (unpaired) electrons. The Morgan fingerprint density at radius 3 is 1.90 bits per heavy atom. The third-order valence-corrected chi connectivity index (χ3v) is 7.37. The van der Waals surface area contributed by atoms with Crippen LogP contribution in [0.5, 0.6) is 17.2 Å². The Morgan fingerprint density at radius 1 is 0.707 bits per heavy atom.